The Kier molecular flexibility index (Phi) is 2.53. The number of aromatic nitrogens is 2. The van der Waals surface area contributed by atoms with E-state index < -0.39 is 0 Å². The second-order valence-corrected chi connectivity index (χ2v) is 5.86. The maximum Gasteiger partial charge on any atom is 0.109 e. The zero-order chi connectivity index (χ0) is 11.1. The van der Waals surface area contributed by atoms with Gasteiger partial charge in [0.25, 0.3) is 0 Å². The molecule has 1 saturated carbocycles. The molecule has 1 aromatic rings. The molecule has 0 spiro atoms. The average molecular weight is 218 g/mol. The van der Waals surface area contributed by atoms with Crippen LogP contribution >= 0.6 is 0 Å². The minimum atomic E-state index is 0.654. The van der Waals surface area contributed by atoms with Crippen molar-refractivity contribution in [2.75, 3.05) is 0 Å². The highest BCUT2D eigenvalue weighted by Gasteiger charge is 2.26. The molecule has 2 heteroatoms. The Morgan fingerprint density at radius 3 is 2.75 bits per heavy atom. The van der Waals surface area contributed by atoms with Crippen LogP contribution in [-0.2, 0) is 6.42 Å². The minimum Gasteiger partial charge on any atom is -0.332 e. The normalized spacial score (nSPS) is 30.6. The summed E-state index contributed by atoms with van der Waals surface area (Å²) in [5, 5.41) is 0. The number of imidazole rings is 1. The molecule has 1 fully saturated rings. The molecule has 2 heterocycles. The molecule has 0 saturated heterocycles. The van der Waals surface area contributed by atoms with Gasteiger partial charge in [0.15, 0.2) is 0 Å². The summed E-state index contributed by atoms with van der Waals surface area (Å²) in [5.41, 5.74) is 1.38. The predicted molar refractivity (Wildman–Crippen MR) is 65.6 cm³/mol. The predicted octanol–water partition coefficient (Wildman–Crippen LogP) is 3.68. The van der Waals surface area contributed by atoms with Gasteiger partial charge in [0.1, 0.15) is 5.82 Å². The van der Waals surface area contributed by atoms with Crippen LogP contribution in [0.5, 0.6) is 0 Å². The largest absolute Gasteiger partial charge is 0.332 e. The van der Waals surface area contributed by atoms with E-state index in [0.29, 0.717) is 6.04 Å². The van der Waals surface area contributed by atoms with Crippen LogP contribution < -0.4 is 0 Å². The van der Waals surface area contributed by atoms with Crippen LogP contribution in [0.1, 0.15) is 69.4 Å². The van der Waals surface area contributed by atoms with Crippen LogP contribution in [-0.4, -0.2) is 9.55 Å². The molecule has 88 valence electrons. The number of nitrogens with zero attached hydrogens (tertiary/aromatic N) is 2. The lowest BCUT2D eigenvalue weighted by Crippen LogP contribution is -2.20. The summed E-state index contributed by atoms with van der Waals surface area (Å²) in [4.78, 5) is 4.90. The summed E-state index contributed by atoms with van der Waals surface area (Å²) in [7, 11) is 0. The molecule has 1 aliphatic carbocycles. The van der Waals surface area contributed by atoms with Gasteiger partial charge in [0.05, 0.1) is 5.69 Å². The molecule has 2 nitrogen and oxygen atoms in total. The third-order valence-corrected chi connectivity index (χ3v) is 4.35. The zero-order valence-corrected chi connectivity index (χ0v) is 10.4. The minimum absolute atomic E-state index is 0.654. The zero-order valence-electron chi connectivity index (χ0n) is 10.4. The Morgan fingerprint density at radius 1 is 1.25 bits per heavy atom. The Bertz CT molecular complexity index is 374. The van der Waals surface area contributed by atoms with E-state index in [0.717, 1.165) is 11.8 Å². The first-order valence-corrected chi connectivity index (χ1v) is 6.81. The van der Waals surface area contributed by atoms with Crippen molar-refractivity contribution >= 4 is 0 Å². The van der Waals surface area contributed by atoms with Gasteiger partial charge >= 0.3 is 0 Å². The van der Waals surface area contributed by atoms with Crippen molar-refractivity contribution in [3.8, 4) is 0 Å². The van der Waals surface area contributed by atoms with Crippen LogP contribution in [0.4, 0.5) is 0 Å². The average Bonchev–Trinajstić information content (AvgIpc) is 2.82. The fraction of sp³-hybridized carbons (Fsp3) is 0.786. The van der Waals surface area contributed by atoms with Gasteiger partial charge in [0, 0.05) is 24.6 Å². The van der Waals surface area contributed by atoms with Crippen LogP contribution in [0, 0.1) is 5.92 Å². The maximum absolute atomic E-state index is 4.90. The van der Waals surface area contributed by atoms with E-state index in [4.69, 9.17) is 4.98 Å². The molecular weight excluding hydrogens is 196 g/mol. The Labute approximate surface area is 98.1 Å². The third-order valence-electron chi connectivity index (χ3n) is 4.35. The Hall–Kier alpha value is -0.790. The summed E-state index contributed by atoms with van der Waals surface area (Å²) < 4.78 is 2.44. The lowest BCUT2D eigenvalue weighted by molar-refractivity contribution is 0.343. The van der Waals surface area contributed by atoms with Gasteiger partial charge < -0.3 is 4.57 Å². The molecule has 0 radical (unpaired) electrons. The van der Waals surface area contributed by atoms with E-state index in [1.807, 2.05) is 0 Å². The first-order chi connectivity index (χ1) is 7.74. The highest BCUT2D eigenvalue weighted by Crippen LogP contribution is 2.36. The van der Waals surface area contributed by atoms with E-state index in [-0.39, 0.29) is 0 Å². The van der Waals surface area contributed by atoms with E-state index >= 15 is 0 Å². The summed E-state index contributed by atoms with van der Waals surface area (Å²) in [5.74, 6) is 2.91. The number of hydrogen-bond acceptors (Lipinski definition) is 1. The van der Waals surface area contributed by atoms with Gasteiger partial charge in [-0.3, -0.25) is 0 Å². The highest BCUT2D eigenvalue weighted by atomic mass is 15.1. The number of hydrogen-bond donors (Lipinski definition) is 0. The van der Waals surface area contributed by atoms with Gasteiger partial charge in [-0.2, -0.15) is 0 Å². The topological polar surface area (TPSA) is 17.8 Å². The molecule has 2 aliphatic rings. The fourth-order valence-electron chi connectivity index (χ4n) is 3.49. The maximum atomic E-state index is 4.90. The van der Waals surface area contributed by atoms with E-state index in [1.54, 1.807) is 0 Å². The Morgan fingerprint density at radius 2 is 2.00 bits per heavy atom. The molecule has 0 N–H and O–H groups in total. The van der Waals surface area contributed by atoms with Crippen molar-refractivity contribution < 1.29 is 0 Å². The standard InChI is InChI=1S/C14H22N2/c1-10-7-11(2)16-9-13(15-14(16)8-10)12-5-3-4-6-12/h9-12H,3-8H2,1-2H3. The fourth-order valence-corrected chi connectivity index (χ4v) is 3.49. The van der Waals surface area contributed by atoms with Crippen LogP contribution in [0.25, 0.3) is 0 Å². The van der Waals surface area contributed by atoms with E-state index in [1.165, 1.54) is 50.0 Å². The summed E-state index contributed by atoms with van der Waals surface area (Å²) in [6, 6.07) is 0.654. The Balaban J connectivity index is 1.90. The van der Waals surface area contributed by atoms with Gasteiger partial charge in [-0.05, 0) is 32.1 Å². The molecule has 2 unspecified atom stereocenters. The summed E-state index contributed by atoms with van der Waals surface area (Å²) in [6.07, 6.45) is 10.4. The second kappa shape index (κ2) is 3.90. The number of rotatable bonds is 1. The smallest absolute Gasteiger partial charge is 0.109 e. The van der Waals surface area contributed by atoms with Gasteiger partial charge in [-0.15, -0.1) is 0 Å². The molecule has 0 aromatic carbocycles. The summed E-state index contributed by atoms with van der Waals surface area (Å²) in [6.45, 7) is 4.68. The monoisotopic (exact) mass is 218 g/mol. The molecule has 0 amide bonds. The van der Waals surface area contributed by atoms with Crippen LogP contribution in [0.3, 0.4) is 0 Å². The van der Waals surface area contributed by atoms with Gasteiger partial charge in [0.2, 0.25) is 0 Å². The van der Waals surface area contributed by atoms with Crippen LogP contribution in [0.15, 0.2) is 6.20 Å². The van der Waals surface area contributed by atoms with Crippen molar-refractivity contribution in [3.63, 3.8) is 0 Å². The SMILES string of the molecule is CC1Cc2nc(C3CCCC3)cn2C(C)C1. The molecule has 0 bridgehead atoms. The third kappa shape index (κ3) is 1.68. The molecule has 16 heavy (non-hydrogen) atoms. The first-order valence-electron chi connectivity index (χ1n) is 6.81. The molecule has 1 aliphatic heterocycles. The van der Waals surface area contributed by atoms with Crippen LogP contribution in [0.2, 0.25) is 0 Å². The molecular formula is C14H22N2. The van der Waals surface area contributed by atoms with Crippen molar-refractivity contribution in [1.29, 1.82) is 0 Å². The second-order valence-electron chi connectivity index (χ2n) is 5.86. The van der Waals surface area contributed by atoms with Gasteiger partial charge in [-0.1, -0.05) is 19.8 Å². The van der Waals surface area contributed by atoms with Crippen molar-refractivity contribution in [2.45, 2.75) is 64.3 Å². The van der Waals surface area contributed by atoms with Crippen molar-refractivity contribution in [1.82, 2.24) is 9.55 Å². The summed E-state index contributed by atoms with van der Waals surface area (Å²) >= 11 is 0. The van der Waals surface area contributed by atoms with Crippen molar-refractivity contribution in [3.05, 3.63) is 17.7 Å². The van der Waals surface area contributed by atoms with Gasteiger partial charge in [-0.25, -0.2) is 4.98 Å². The lowest BCUT2D eigenvalue weighted by atomic mass is 9.95. The molecule has 3 rings (SSSR count). The van der Waals surface area contributed by atoms with Crippen molar-refractivity contribution in [2.24, 2.45) is 5.92 Å². The van der Waals surface area contributed by atoms with E-state index in [9.17, 15) is 0 Å². The quantitative estimate of drug-likeness (QED) is 0.703. The molecule has 2 atom stereocenters. The molecule has 1 aromatic heterocycles. The lowest BCUT2D eigenvalue weighted by Gasteiger charge is -2.26. The highest BCUT2D eigenvalue weighted by molar-refractivity contribution is 5.14. The van der Waals surface area contributed by atoms with E-state index in [2.05, 4.69) is 24.6 Å². The first kappa shape index (κ1) is 10.4. The number of fused-ring (bicyclic) bond motifs is 1.